The molecule has 0 spiro atoms. The molecule has 1 nitrogen and oxygen atoms in total. The molecule has 2 aromatic rings. The number of fused-ring (bicyclic) bond motifs is 3. The molecule has 1 aliphatic rings. The SMILES string of the molecule is CC1(C)C=Cc2ccc3ccccc3c2C(=O)C1. The van der Waals surface area contributed by atoms with E-state index in [0.29, 0.717) is 6.42 Å². The fourth-order valence-electron chi connectivity index (χ4n) is 2.61. The van der Waals surface area contributed by atoms with Gasteiger partial charge in [0.2, 0.25) is 0 Å². The van der Waals surface area contributed by atoms with Crippen LogP contribution >= 0.6 is 0 Å². The van der Waals surface area contributed by atoms with E-state index in [2.05, 4.69) is 38.1 Å². The zero-order valence-electron chi connectivity index (χ0n) is 10.7. The Bertz CT molecular complexity index is 662. The van der Waals surface area contributed by atoms with Crippen LogP contribution in [0.3, 0.4) is 0 Å². The summed E-state index contributed by atoms with van der Waals surface area (Å²) in [4.78, 5) is 12.5. The lowest BCUT2D eigenvalue weighted by molar-refractivity contribution is 0.0953. The maximum Gasteiger partial charge on any atom is 0.164 e. The zero-order chi connectivity index (χ0) is 12.8. The van der Waals surface area contributed by atoms with Gasteiger partial charge in [-0.2, -0.15) is 0 Å². The molecule has 0 bridgehead atoms. The second-order valence-corrected chi connectivity index (χ2v) is 5.67. The number of carbonyl (C=O) groups excluding carboxylic acids is 1. The Labute approximate surface area is 107 Å². The van der Waals surface area contributed by atoms with E-state index in [4.69, 9.17) is 0 Å². The molecular weight excluding hydrogens is 220 g/mol. The number of allylic oxidation sites excluding steroid dienone is 1. The van der Waals surface area contributed by atoms with E-state index >= 15 is 0 Å². The standard InChI is InChI=1S/C17H16O/c1-17(2)10-9-13-8-7-12-5-3-4-6-14(12)16(13)15(18)11-17/h3-10H,11H2,1-2H3. The fourth-order valence-corrected chi connectivity index (χ4v) is 2.61. The average molecular weight is 236 g/mol. The van der Waals surface area contributed by atoms with Gasteiger partial charge in [0.25, 0.3) is 0 Å². The van der Waals surface area contributed by atoms with Crippen molar-refractivity contribution >= 4 is 22.6 Å². The molecule has 1 aliphatic carbocycles. The molecule has 0 amide bonds. The minimum Gasteiger partial charge on any atom is -0.294 e. The van der Waals surface area contributed by atoms with Crippen molar-refractivity contribution in [3.05, 3.63) is 53.6 Å². The van der Waals surface area contributed by atoms with Crippen LogP contribution in [0.4, 0.5) is 0 Å². The van der Waals surface area contributed by atoms with E-state index in [0.717, 1.165) is 21.9 Å². The van der Waals surface area contributed by atoms with Crippen molar-refractivity contribution in [1.82, 2.24) is 0 Å². The number of carbonyl (C=O) groups is 1. The van der Waals surface area contributed by atoms with Crippen LogP contribution in [0.25, 0.3) is 16.8 Å². The van der Waals surface area contributed by atoms with Gasteiger partial charge in [-0.15, -0.1) is 0 Å². The molecule has 0 aliphatic heterocycles. The number of hydrogen-bond acceptors (Lipinski definition) is 1. The predicted octanol–water partition coefficient (Wildman–Crippen LogP) is 4.47. The summed E-state index contributed by atoms with van der Waals surface area (Å²) >= 11 is 0. The monoisotopic (exact) mass is 236 g/mol. The van der Waals surface area contributed by atoms with Crippen LogP contribution in [-0.2, 0) is 0 Å². The first-order chi connectivity index (χ1) is 8.57. The Kier molecular flexibility index (Phi) is 2.37. The highest BCUT2D eigenvalue weighted by Gasteiger charge is 2.25. The second kappa shape index (κ2) is 3.81. The molecule has 0 fully saturated rings. The van der Waals surface area contributed by atoms with Crippen LogP contribution in [-0.4, -0.2) is 5.78 Å². The third-order valence-electron chi connectivity index (χ3n) is 3.57. The largest absolute Gasteiger partial charge is 0.294 e. The number of benzene rings is 2. The Morgan fingerprint density at radius 2 is 1.83 bits per heavy atom. The van der Waals surface area contributed by atoms with Crippen LogP contribution in [0.5, 0.6) is 0 Å². The Balaban J connectivity index is 2.31. The molecule has 0 radical (unpaired) electrons. The smallest absolute Gasteiger partial charge is 0.164 e. The number of Topliss-reactive ketones (excluding diaryl/α,β-unsaturated/α-hetero) is 1. The van der Waals surface area contributed by atoms with Crippen molar-refractivity contribution in [2.24, 2.45) is 5.41 Å². The van der Waals surface area contributed by atoms with Gasteiger partial charge in [0, 0.05) is 12.0 Å². The van der Waals surface area contributed by atoms with E-state index in [-0.39, 0.29) is 11.2 Å². The summed E-state index contributed by atoms with van der Waals surface area (Å²) in [6, 6.07) is 12.2. The maximum atomic E-state index is 12.5. The molecule has 90 valence electrons. The van der Waals surface area contributed by atoms with Crippen molar-refractivity contribution in [3.8, 4) is 0 Å². The summed E-state index contributed by atoms with van der Waals surface area (Å²) in [5, 5.41) is 2.21. The van der Waals surface area contributed by atoms with Gasteiger partial charge in [-0.1, -0.05) is 62.4 Å². The third kappa shape index (κ3) is 1.76. The number of ketones is 1. The van der Waals surface area contributed by atoms with Crippen molar-refractivity contribution < 1.29 is 4.79 Å². The first-order valence-corrected chi connectivity index (χ1v) is 6.31. The van der Waals surface area contributed by atoms with Gasteiger partial charge in [-0.25, -0.2) is 0 Å². The van der Waals surface area contributed by atoms with Crippen molar-refractivity contribution in [2.75, 3.05) is 0 Å². The molecule has 0 unspecified atom stereocenters. The molecule has 0 aromatic heterocycles. The van der Waals surface area contributed by atoms with Gasteiger partial charge >= 0.3 is 0 Å². The normalized spacial score (nSPS) is 17.6. The number of rotatable bonds is 0. The van der Waals surface area contributed by atoms with Crippen LogP contribution < -0.4 is 0 Å². The lowest BCUT2D eigenvalue weighted by Crippen LogP contribution is -2.13. The molecular formula is C17H16O. The Hall–Kier alpha value is -1.89. The van der Waals surface area contributed by atoms with Crippen molar-refractivity contribution in [3.63, 3.8) is 0 Å². The summed E-state index contributed by atoms with van der Waals surface area (Å²) in [7, 11) is 0. The van der Waals surface area contributed by atoms with Gasteiger partial charge < -0.3 is 0 Å². The summed E-state index contributed by atoms with van der Waals surface area (Å²) in [5.41, 5.74) is 1.87. The molecule has 0 saturated carbocycles. The molecule has 2 aromatic carbocycles. The van der Waals surface area contributed by atoms with Crippen molar-refractivity contribution in [2.45, 2.75) is 20.3 Å². The molecule has 0 atom stereocenters. The van der Waals surface area contributed by atoms with Crippen LogP contribution in [0.1, 0.15) is 36.2 Å². The van der Waals surface area contributed by atoms with Crippen molar-refractivity contribution in [1.29, 1.82) is 0 Å². The highest BCUT2D eigenvalue weighted by atomic mass is 16.1. The molecule has 0 heterocycles. The lowest BCUT2D eigenvalue weighted by atomic mass is 9.86. The van der Waals surface area contributed by atoms with E-state index in [9.17, 15) is 4.79 Å². The summed E-state index contributed by atoms with van der Waals surface area (Å²) in [6.07, 6.45) is 4.81. The van der Waals surface area contributed by atoms with Gasteiger partial charge in [0.15, 0.2) is 5.78 Å². The topological polar surface area (TPSA) is 17.1 Å². The van der Waals surface area contributed by atoms with E-state index in [1.165, 1.54) is 0 Å². The van der Waals surface area contributed by atoms with Gasteiger partial charge in [-0.05, 0) is 21.8 Å². The first-order valence-electron chi connectivity index (χ1n) is 6.31. The first kappa shape index (κ1) is 11.2. The van der Waals surface area contributed by atoms with Crippen LogP contribution in [0.15, 0.2) is 42.5 Å². The highest BCUT2D eigenvalue weighted by Crippen LogP contribution is 2.34. The predicted molar refractivity (Wildman–Crippen MR) is 75.7 cm³/mol. The highest BCUT2D eigenvalue weighted by molar-refractivity contribution is 6.11. The van der Waals surface area contributed by atoms with Gasteiger partial charge in [-0.3, -0.25) is 4.79 Å². The number of hydrogen-bond donors (Lipinski definition) is 0. The van der Waals surface area contributed by atoms with E-state index in [1.54, 1.807) is 0 Å². The van der Waals surface area contributed by atoms with Crippen LogP contribution in [0.2, 0.25) is 0 Å². The lowest BCUT2D eigenvalue weighted by Gasteiger charge is -2.17. The summed E-state index contributed by atoms with van der Waals surface area (Å²) < 4.78 is 0. The zero-order valence-corrected chi connectivity index (χ0v) is 10.7. The Morgan fingerprint density at radius 1 is 1.06 bits per heavy atom. The van der Waals surface area contributed by atoms with Gasteiger partial charge in [0.05, 0.1) is 0 Å². The van der Waals surface area contributed by atoms with E-state index in [1.807, 2.05) is 24.3 Å². The molecule has 18 heavy (non-hydrogen) atoms. The quantitative estimate of drug-likeness (QED) is 0.659. The molecule has 3 rings (SSSR count). The maximum absolute atomic E-state index is 12.5. The Morgan fingerprint density at radius 3 is 2.67 bits per heavy atom. The minimum atomic E-state index is -0.0583. The second-order valence-electron chi connectivity index (χ2n) is 5.67. The van der Waals surface area contributed by atoms with E-state index < -0.39 is 0 Å². The molecule has 1 heteroatoms. The minimum absolute atomic E-state index is 0.0583. The summed E-state index contributed by atoms with van der Waals surface area (Å²) in [5.74, 6) is 0.247. The molecule has 0 N–H and O–H groups in total. The summed E-state index contributed by atoms with van der Waals surface area (Å²) in [6.45, 7) is 4.21. The molecule has 0 saturated heterocycles. The third-order valence-corrected chi connectivity index (χ3v) is 3.57. The van der Waals surface area contributed by atoms with Crippen LogP contribution in [0, 0.1) is 5.41 Å². The average Bonchev–Trinajstić information content (AvgIpc) is 2.46. The fraction of sp³-hybridized carbons (Fsp3) is 0.235. The van der Waals surface area contributed by atoms with Gasteiger partial charge in [0.1, 0.15) is 0 Å².